The van der Waals surface area contributed by atoms with Crippen molar-refractivity contribution < 1.29 is 18.0 Å². The number of hydrogen-bond donors (Lipinski definition) is 0. The number of hydrogen-bond acceptors (Lipinski definition) is 1. The van der Waals surface area contributed by atoms with Crippen LogP contribution in [0.15, 0.2) is 12.1 Å². The molecule has 1 saturated carbocycles. The van der Waals surface area contributed by atoms with Crippen LogP contribution in [-0.4, -0.2) is 6.29 Å². The lowest BCUT2D eigenvalue weighted by molar-refractivity contribution is -0.121. The van der Waals surface area contributed by atoms with E-state index >= 15 is 0 Å². The molecule has 1 aromatic rings. The first-order valence-electron chi connectivity index (χ1n) is 6.87. The van der Waals surface area contributed by atoms with Crippen molar-refractivity contribution in [2.45, 2.75) is 45.4 Å². The Morgan fingerprint density at radius 3 is 2.20 bits per heavy atom. The molecule has 0 bridgehead atoms. The van der Waals surface area contributed by atoms with Gasteiger partial charge in [-0.2, -0.15) is 0 Å². The van der Waals surface area contributed by atoms with Gasteiger partial charge in [-0.1, -0.05) is 27.2 Å². The van der Waals surface area contributed by atoms with Gasteiger partial charge in [0.05, 0.1) is 5.41 Å². The monoisotopic (exact) mass is 284 g/mol. The second-order valence-electron chi connectivity index (χ2n) is 6.42. The number of carbonyl (C=O) groups excluding carboxylic acids is 1. The normalized spacial score (nSPS) is 29.2. The third-order valence-corrected chi connectivity index (χ3v) is 4.98. The SMILES string of the molecule is CC1CCCC(C)(C)[C@]1(C=O)c1cc(F)c(F)c(F)c1. The van der Waals surface area contributed by atoms with Crippen LogP contribution < -0.4 is 0 Å². The molecule has 1 aromatic carbocycles. The Balaban J connectivity index is 2.69. The smallest absolute Gasteiger partial charge is 0.194 e. The number of carbonyl (C=O) groups is 1. The fourth-order valence-electron chi connectivity index (χ4n) is 3.77. The van der Waals surface area contributed by atoms with Crippen molar-refractivity contribution in [3.8, 4) is 0 Å². The van der Waals surface area contributed by atoms with Gasteiger partial charge in [0.15, 0.2) is 17.5 Å². The van der Waals surface area contributed by atoms with E-state index in [2.05, 4.69) is 0 Å². The number of rotatable bonds is 2. The lowest BCUT2D eigenvalue weighted by Crippen LogP contribution is -2.51. The molecule has 0 amide bonds. The van der Waals surface area contributed by atoms with Crippen molar-refractivity contribution in [2.24, 2.45) is 11.3 Å². The molecule has 0 radical (unpaired) electrons. The molecule has 0 N–H and O–H groups in total. The number of halogens is 3. The maximum Gasteiger partial charge on any atom is 0.194 e. The summed E-state index contributed by atoms with van der Waals surface area (Å²) in [5.74, 6) is -4.02. The summed E-state index contributed by atoms with van der Waals surface area (Å²) in [4.78, 5) is 11.9. The Morgan fingerprint density at radius 1 is 1.20 bits per heavy atom. The molecular formula is C16H19F3O. The molecule has 20 heavy (non-hydrogen) atoms. The zero-order valence-corrected chi connectivity index (χ0v) is 12.0. The average molecular weight is 284 g/mol. The van der Waals surface area contributed by atoms with Gasteiger partial charge in [0, 0.05) is 0 Å². The number of aldehydes is 1. The summed E-state index contributed by atoms with van der Waals surface area (Å²) in [6.07, 6.45) is 3.36. The van der Waals surface area contributed by atoms with E-state index in [4.69, 9.17) is 0 Å². The highest BCUT2D eigenvalue weighted by atomic mass is 19.2. The fraction of sp³-hybridized carbons (Fsp3) is 0.562. The number of benzene rings is 1. The first-order valence-corrected chi connectivity index (χ1v) is 6.87. The van der Waals surface area contributed by atoms with Crippen LogP contribution in [0.1, 0.15) is 45.6 Å². The molecule has 110 valence electrons. The third kappa shape index (κ3) is 1.97. The van der Waals surface area contributed by atoms with E-state index in [0.29, 0.717) is 0 Å². The van der Waals surface area contributed by atoms with E-state index in [9.17, 15) is 18.0 Å². The molecule has 1 aliphatic carbocycles. The molecule has 1 fully saturated rings. The van der Waals surface area contributed by atoms with Crippen molar-refractivity contribution in [1.82, 2.24) is 0 Å². The molecule has 0 aliphatic heterocycles. The Kier molecular flexibility index (Phi) is 3.69. The van der Waals surface area contributed by atoms with Crippen LogP contribution in [0.2, 0.25) is 0 Å². The summed E-state index contributed by atoms with van der Waals surface area (Å²) >= 11 is 0. The van der Waals surface area contributed by atoms with E-state index in [1.807, 2.05) is 20.8 Å². The summed E-state index contributed by atoms with van der Waals surface area (Å²) in [6.45, 7) is 5.76. The van der Waals surface area contributed by atoms with Gasteiger partial charge < -0.3 is 4.79 Å². The second kappa shape index (κ2) is 4.90. The highest BCUT2D eigenvalue weighted by Gasteiger charge is 2.52. The highest BCUT2D eigenvalue weighted by molar-refractivity contribution is 5.71. The maximum absolute atomic E-state index is 13.5. The van der Waals surface area contributed by atoms with Gasteiger partial charge in [-0.25, -0.2) is 13.2 Å². The molecule has 2 atom stereocenters. The van der Waals surface area contributed by atoms with Gasteiger partial charge in [0.25, 0.3) is 0 Å². The first kappa shape index (κ1) is 15.1. The van der Waals surface area contributed by atoms with Crippen LogP contribution in [0, 0.1) is 28.8 Å². The van der Waals surface area contributed by atoms with Crippen molar-refractivity contribution in [3.05, 3.63) is 35.1 Å². The van der Waals surface area contributed by atoms with E-state index in [-0.39, 0.29) is 11.5 Å². The fourth-order valence-corrected chi connectivity index (χ4v) is 3.77. The molecule has 2 rings (SSSR count). The van der Waals surface area contributed by atoms with Crippen LogP contribution in [-0.2, 0) is 10.2 Å². The first-order chi connectivity index (χ1) is 9.26. The summed E-state index contributed by atoms with van der Waals surface area (Å²) < 4.78 is 40.3. The van der Waals surface area contributed by atoms with Crippen LogP contribution >= 0.6 is 0 Å². The minimum atomic E-state index is -1.49. The molecule has 1 unspecified atom stereocenters. The Bertz CT molecular complexity index is 516. The van der Waals surface area contributed by atoms with E-state index in [1.165, 1.54) is 0 Å². The topological polar surface area (TPSA) is 17.1 Å². The lowest BCUT2D eigenvalue weighted by atomic mass is 9.51. The predicted octanol–water partition coefficient (Wildman–Crippen LogP) is 4.39. The average Bonchev–Trinajstić information content (AvgIpc) is 2.35. The Morgan fingerprint density at radius 2 is 1.75 bits per heavy atom. The minimum absolute atomic E-state index is 0.0481. The van der Waals surface area contributed by atoms with Gasteiger partial charge >= 0.3 is 0 Å². The Labute approximate surface area is 117 Å². The van der Waals surface area contributed by atoms with Crippen LogP contribution in [0.25, 0.3) is 0 Å². The van der Waals surface area contributed by atoms with Gasteiger partial charge in [0.1, 0.15) is 6.29 Å². The standard InChI is InChI=1S/C16H19F3O/c1-10-5-4-6-15(2,3)16(10,9-20)11-7-12(17)14(19)13(18)8-11/h7-10H,4-6H2,1-3H3/t10?,16-/m0/s1. The molecule has 0 spiro atoms. The predicted molar refractivity (Wildman–Crippen MR) is 70.9 cm³/mol. The van der Waals surface area contributed by atoms with Gasteiger partial charge in [-0.15, -0.1) is 0 Å². The highest BCUT2D eigenvalue weighted by Crippen LogP contribution is 2.53. The molecule has 0 aromatic heterocycles. The summed E-state index contributed by atoms with van der Waals surface area (Å²) in [6, 6.07) is 1.94. The van der Waals surface area contributed by atoms with Crippen LogP contribution in [0.5, 0.6) is 0 Å². The molecule has 1 nitrogen and oxygen atoms in total. The zero-order chi connectivity index (χ0) is 15.1. The van der Waals surface area contributed by atoms with Crippen molar-refractivity contribution in [2.75, 3.05) is 0 Å². The maximum atomic E-state index is 13.5. The van der Waals surface area contributed by atoms with Gasteiger partial charge in [-0.3, -0.25) is 0 Å². The van der Waals surface area contributed by atoms with Gasteiger partial charge in [0.2, 0.25) is 0 Å². The molecular weight excluding hydrogens is 265 g/mol. The van der Waals surface area contributed by atoms with Crippen molar-refractivity contribution in [1.29, 1.82) is 0 Å². The summed E-state index contributed by atoms with van der Waals surface area (Å²) in [5, 5.41) is 0. The molecule has 0 saturated heterocycles. The Hall–Kier alpha value is -1.32. The van der Waals surface area contributed by atoms with E-state index in [0.717, 1.165) is 37.7 Å². The summed E-state index contributed by atoms with van der Waals surface area (Å²) in [5.41, 5.74) is -1.18. The summed E-state index contributed by atoms with van der Waals surface area (Å²) in [7, 11) is 0. The largest absolute Gasteiger partial charge is 0.302 e. The quantitative estimate of drug-likeness (QED) is 0.581. The third-order valence-electron chi connectivity index (χ3n) is 4.98. The van der Waals surface area contributed by atoms with E-state index < -0.39 is 28.3 Å². The van der Waals surface area contributed by atoms with E-state index in [1.54, 1.807) is 0 Å². The second-order valence-corrected chi connectivity index (χ2v) is 6.42. The lowest BCUT2D eigenvalue weighted by Gasteiger charge is -2.51. The van der Waals surface area contributed by atoms with Gasteiger partial charge in [-0.05, 0) is 41.9 Å². The zero-order valence-electron chi connectivity index (χ0n) is 12.0. The molecule has 4 heteroatoms. The molecule has 1 aliphatic rings. The van der Waals surface area contributed by atoms with Crippen LogP contribution in [0.4, 0.5) is 13.2 Å². The van der Waals surface area contributed by atoms with Crippen LogP contribution in [0.3, 0.4) is 0 Å². The van der Waals surface area contributed by atoms with Crippen molar-refractivity contribution >= 4 is 6.29 Å². The minimum Gasteiger partial charge on any atom is -0.302 e. The van der Waals surface area contributed by atoms with Crippen molar-refractivity contribution in [3.63, 3.8) is 0 Å². The molecule has 0 heterocycles.